The van der Waals surface area contributed by atoms with Crippen molar-refractivity contribution < 1.29 is 17.9 Å². The zero-order valence-corrected chi connectivity index (χ0v) is 20.0. The normalized spacial score (nSPS) is 19.4. The zero-order chi connectivity index (χ0) is 25.4. The average Bonchev–Trinajstić information content (AvgIpc) is 3.69. The van der Waals surface area contributed by atoms with Gasteiger partial charge in [0.05, 0.1) is 29.6 Å². The van der Waals surface area contributed by atoms with Crippen LogP contribution in [0.4, 0.5) is 19.0 Å². The van der Waals surface area contributed by atoms with Gasteiger partial charge < -0.3 is 15.4 Å². The van der Waals surface area contributed by atoms with Crippen molar-refractivity contribution in [3.63, 3.8) is 0 Å². The van der Waals surface area contributed by atoms with Gasteiger partial charge in [-0.15, -0.1) is 0 Å². The maximum absolute atomic E-state index is 13.1. The molecule has 0 spiro atoms. The highest BCUT2D eigenvalue weighted by Crippen LogP contribution is 2.32. The van der Waals surface area contributed by atoms with Gasteiger partial charge in [-0.2, -0.15) is 13.2 Å². The molecule has 0 bridgehead atoms. The topological polar surface area (TPSA) is 102 Å². The molecule has 1 atom stereocenters. The van der Waals surface area contributed by atoms with Crippen LogP contribution >= 0.6 is 0 Å². The highest BCUT2D eigenvalue weighted by Gasteiger charge is 2.32. The number of morpholine rings is 1. The van der Waals surface area contributed by atoms with Crippen LogP contribution in [-0.2, 0) is 10.9 Å². The van der Waals surface area contributed by atoms with Crippen molar-refractivity contribution in [3.8, 4) is 11.3 Å². The number of nitrogens with two attached hydrogens (primary N) is 1. The number of rotatable bonds is 5. The number of aliphatic imine (C=N–C) groups is 1. The highest BCUT2D eigenvalue weighted by molar-refractivity contribution is 5.91. The first-order valence-corrected chi connectivity index (χ1v) is 11.7. The fourth-order valence-electron chi connectivity index (χ4n) is 3.99. The molecular formula is C25H26F3N7O. The van der Waals surface area contributed by atoms with Crippen molar-refractivity contribution in [2.24, 2.45) is 10.7 Å². The van der Waals surface area contributed by atoms with Gasteiger partial charge in [0.2, 0.25) is 0 Å². The number of ether oxygens (including phenoxy) is 1. The van der Waals surface area contributed by atoms with Gasteiger partial charge >= 0.3 is 6.18 Å². The lowest BCUT2D eigenvalue weighted by Gasteiger charge is -2.34. The molecule has 1 aliphatic heterocycles. The van der Waals surface area contributed by atoms with Gasteiger partial charge in [0.15, 0.2) is 0 Å². The van der Waals surface area contributed by atoms with Crippen LogP contribution in [0.2, 0.25) is 0 Å². The molecule has 1 aliphatic carbocycles. The Kier molecular flexibility index (Phi) is 6.33. The Balaban J connectivity index is 1.53. The van der Waals surface area contributed by atoms with Crippen LogP contribution in [-0.4, -0.2) is 58.0 Å². The molecular weight excluding hydrogens is 471 g/mol. The molecule has 1 saturated carbocycles. The average molecular weight is 498 g/mol. The number of aromatic nitrogens is 4. The van der Waals surface area contributed by atoms with Crippen LogP contribution in [0.25, 0.3) is 22.3 Å². The molecule has 11 heteroatoms. The van der Waals surface area contributed by atoms with Gasteiger partial charge in [-0.3, -0.25) is 9.98 Å². The molecule has 0 unspecified atom stereocenters. The fraction of sp³-hybridized carbons (Fsp3) is 0.400. The summed E-state index contributed by atoms with van der Waals surface area (Å²) in [7, 11) is 0. The molecule has 36 heavy (non-hydrogen) atoms. The van der Waals surface area contributed by atoms with E-state index in [0.717, 1.165) is 35.9 Å². The van der Waals surface area contributed by atoms with Crippen LogP contribution in [0.3, 0.4) is 0 Å². The summed E-state index contributed by atoms with van der Waals surface area (Å²) in [6, 6.07) is 4.53. The number of pyridine rings is 2. The second-order valence-electron chi connectivity index (χ2n) is 9.00. The smallest absolute Gasteiger partial charge is 0.404 e. The predicted molar refractivity (Wildman–Crippen MR) is 131 cm³/mol. The van der Waals surface area contributed by atoms with E-state index in [4.69, 9.17) is 15.5 Å². The summed E-state index contributed by atoms with van der Waals surface area (Å²) in [5.41, 5.74) is 9.15. The van der Waals surface area contributed by atoms with E-state index in [0.29, 0.717) is 53.8 Å². The summed E-state index contributed by atoms with van der Waals surface area (Å²) in [6.07, 6.45) is 1.86. The summed E-state index contributed by atoms with van der Waals surface area (Å²) in [5, 5.41) is 0. The molecule has 0 radical (unpaired) electrons. The van der Waals surface area contributed by atoms with E-state index in [1.807, 2.05) is 19.9 Å². The number of hydrogen-bond donors (Lipinski definition) is 1. The predicted octanol–water partition coefficient (Wildman–Crippen LogP) is 4.00. The van der Waals surface area contributed by atoms with E-state index in [-0.39, 0.29) is 6.10 Å². The van der Waals surface area contributed by atoms with Crippen LogP contribution in [0.15, 0.2) is 41.2 Å². The monoisotopic (exact) mass is 497 g/mol. The van der Waals surface area contributed by atoms with Crippen molar-refractivity contribution >= 4 is 23.1 Å². The van der Waals surface area contributed by atoms with E-state index < -0.39 is 11.9 Å². The number of aryl methyl sites for hydroxylation is 2. The summed E-state index contributed by atoms with van der Waals surface area (Å²) in [5.74, 6) is 0.624. The molecule has 2 N–H and O–H groups in total. The Morgan fingerprint density at radius 2 is 1.94 bits per heavy atom. The van der Waals surface area contributed by atoms with E-state index in [9.17, 15) is 13.2 Å². The molecule has 4 heterocycles. The van der Waals surface area contributed by atoms with Crippen LogP contribution in [0.1, 0.15) is 29.9 Å². The van der Waals surface area contributed by atoms with E-state index in [2.05, 4.69) is 24.8 Å². The first-order chi connectivity index (χ1) is 17.2. The third-order valence-corrected chi connectivity index (χ3v) is 6.31. The number of hydrogen-bond acceptors (Lipinski definition) is 8. The number of fused-ring (bicyclic) bond motifs is 1. The van der Waals surface area contributed by atoms with Crippen LogP contribution in [0.5, 0.6) is 0 Å². The lowest BCUT2D eigenvalue weighted by atomic mass is 10.1. The van der Waals surface area contributed by atoms with Gasteiger partial charge in [0, 0.05) is 48.9 Å². The summed E-state index contributed by atoms with van der Waals surface area (Å²) < 4.78 is 45.2. The minimum atomic E-state index is -4.52. The molecule has 1 saturated heterocycles. The van der Waals surface area contributed by atoms with Crippen molar-refractivity contribution in [3.05, 3.63) is 53.3 Å². The number of nitrogens with zero attached hydrogens (tertiary/aromatic N) is 6. The van der Waals surface area contributed by atoms with Gasteiger partial charge in [-0.25, -0.2) is 15.0 Å². The number of alkyl halides is 3. The number of anilines is 1. The van der Waals surface area contributed by atoms with Crippen LogP contribution < -0.4 is 10.6 Å². The minimum Gasteiger partial charge on any atom is -0.404 e. The molecule has 2 fully saturated rings. The fourth-order valence-corrected chi connectivity index (χ4v) is 3.99. The second-order valence-corrected chi connectivity index (χ2v) is 9.00. The zero-order valence-electron chi connectivity index (χ0n) is 20.0. The minimum absolute atomic E-state index is 0.286. The molecule has 0 aromatic carbocycles. The Bertz CT molecular complexity index is 1330. The summed E-state index contributed by atoms with van der Waals surface area (Å²) in [4.78, 5) is 24.4. The maximum atomic E-state index is 13.1. The molecule has 188 valence electrons. The Morgan fingerprint density at radius 1 is 1.17 bits per heavy atom. The van der Waals surface area contributed by atoms with Crippen molar-refractivity contribution in [1.29, 1.82) is 0 Å². The first kappa shape index (κ1) is 24.1. The Labute approximate surface area is 206 Å². The lowest BCUT2D eigenvalue weighted by molar-refractivity contribution is -0.141. The van der Waals surface area contributed by atoms with Crippen molar-refractivity contribution in [1.82, 2.24) is 19.9 Å². The SMILES string of the molecule is Cc1nc2cc(N3CCO[C@@H](/C(C=NC4CC4)=C/N)C3)nc(-c3ccc(C(F)(F)F)nc3)c2nc1C. The third-order valence-electron chi connectivity index (χ3n) is 6.31. The maximum Gasteiger partial charge on any atom is 0.433 e. The number of halogens is 3. The Hall–Kier alpha value is -3.60. The third kappa shape index (κ3) is 5.01. The standard InChI is InChI=1S/C25H26F3N7O/c1-14-15(2)33-24-19(32-14)9-22(34-23(24)16-3-6-21(31-11-16)25(26,27)28)35-7-8-36-20(13-35)17(10-29)12-30-18-4-5-18/h3,6,9-12,18,20H,4-5,7-8,13,29H2,1-2H3/b17-10+,30-12?/t20-/m1/s1. The van der Waals surface area contributed by atoms with E-state index >= 15 is 0 Å². The lowest BCUT2D eigenvalue weighted by Crippen LogP contribution is -2.44. The van der Waals surface area contributed by atoms with Crippen LogP contribution in [0, 0.1) is 13.8 Å². The van der Waals surface area contributed by atoms with Gasteiger partial charge in [-0.1, -0.05) is 0 Å². The molecule has 3 aromatic rings. The quantitative estimate of drug-likeness (QED) is 0.532. The van der Waals surface area contributed by atoms with E-state index in [1.54, 1.807) is 6.21 Å². The van der Waals surface area contributed by atoms with E-state index in [1.165, 1.54) is 18.5 Å². The first-order valence-electron chi connectivity index (χ1n) is 11.7. The van der Waals surface area contributed by atoms with Crippen molar-refractivity contribution in [2.75, 3.05) is 24.6 Å². The van der Waals surface area contributed by atoms with Gasteiger partial charge in [0.25, 0.3) is 0 Å². The molecule has 0 amide bonds. The highest BCUT2D eigenvalue weighted by atomic mass is 19.4. The Morgan fingerprint density at radius 3 is 2.61 bits per heavy atom. The molecule has 8 nitrogen and oxygen atoms in total. The molecule has 3 aromatic heterocycles. The summed E-state index contributed by atoms with van der Waals surface area (Å²) >= 11 is 0. The van der Waals surface area contributed by atoms with Gasteiger partial charge in [0.1, 0.15) is 28.8 Å². The second kappa shape index (κ2) is 9.45. The largest absolute Gasteiger partial charge is 0.433 e. The molecule has 2 aliphatic rings. The summed E-state index contributed by atoms with van der Waals surface area (Å²) in [6.45, 7) is 5.22. The molecule has 5 rings (SSSR count). The van der Waals surface area contributed by atoms with Crippen molar-refractivity contribution in [2.45, 2.75) is 45.0 Å². The van der Waals surface area contributed by atoms with Gasteiger partial charge in [-0.05, 0) is 38.8 Å².